The second-order valence-electron chi connectivity index (χ2n) is 4.29. The van der Waals surface area contributed by atoms with Crippen molar-refractivity contribution in [3.05, 3.63) is 42.7 Å². The number of rotatable bonds is 1. The van der Waals surface area contributed by atoms with E-state index >= 15 is 0 Å². The van der Waals surface area contributed by atoms with Crippen LogP contribution in [0.5, 0.6) is 0 Å². The van der Waals surface area contributed by atoms with Gasteiger partial charge in [0.2, 0.25) is 0 Å². The van der Waals surface area contributed by atoms with Crippen LogP contribution in [-0.4, -0.2) is 24.1 Å². The van der Waals surface area contributed by atoms with Crippen molar-refractivity contribution in [3.63, 3.8) is 0 Å². The lowest BCUT2D eigenvalue weighted by Gasteiger charge is -2.13. The summed E-state index contributed by atoms with van der Waals surface area (Å²) in [7, 11) is 4.09. The Morgan fingerprint density at radius 1 is 0.941 bits per heavy atom. The number of hydrogen-bond acceptors (Lipinski definition) is 3. The zero-order valence-corrected chi connectivity index (χ0v) is 9.88. The number of aromatic nitrogens is 2. The van der Waals surface area contributed by atoms with Gasteiger partial charge >= 0.3 is 0 Å². The molecule has 84 valence electrons. The van der Waals surface area contributed by atoms with Crippen LogP contribution in [0.2, 0.25) is 0 Å². The summed E-state index contributed by atoms with van der Waals surface area (Å²) < 4.78 is 0. The quantitative estimate of drug-likeness (QED) is 0.594. The van der Waals surface area contributed by atoms with Crippen molar-refractivity contribution in [2.24, 2.45) is 0 Å². The highest BCUT2D eigenvalue weighted by Crippen LogP contribution is 2.25. The molecular formula is C14H13N3. The van der Waals surface area contributed by atoms with Crippen LogP contribution in [0.15, 0.2) is 42.7 Å². The molecule has 0 saturated carbocycles. The van der Waals surface area contributed by atoms with E-state index < -0.39 is 0 Å². The van der Waals surface area contributed by atoms with E-state index in [2.05, 4.69) is 39.1 Å². The molecule has 3 nitrogen and oxygen atoms in total. The number of nitrogens with zero attached hydrogens (tertiary/aromatic N) is 3. The third-order valence-corrected chi connectivity index (χ3v) is 2.95. The summed E-state index contributed by atoms with van der Waals surface area (Å²) >= 11 is 0. The van der Waals surface area contributed by atoms with Crippen molar-refractivity contribution >= 4 is 27.5 Å². The van der Waals surface area contributed by atoms with Crippen molar-refractivity contribution < 1.29 is 0 Å². The van der Waals surface area contributed by atoms with E-state index in [1.54, 1.807) is 12.4 Å². The Hall–Kier alpha value is -2.16. The molecule has 0 fully saturated rings. The lowest BCUT2D eigenvalue weighted by molar-refractivity contribution is 1.14. The van der Waals surface area contributed by atoms with Gasteiger partial charge in [0, 0.05) is 37.6 Å². The molecule has 1 heterocycles. The van der Waals surface area contributed by atoms with Crippen molar-refractivity contribution in [2.45, 2.75) is 0 Å². The van der Waals surface area contributed by atoms with Gasteiger partial charge < -0.3 is 4.90 Å². The average molecular weight is 223 g/mol. The molecule has 0 unspecified atom stereocenters. The van der Waals surface area contributed by atoms with Gasteiger partial charge in [-0.1, -0.05) is 12.1 Å². The summed E-state index contributed by atoms with van der Waals surface area (Å²) in [4.78, 5) is 10.8. The SMILES string of the molecule is CN(C)c1ccc2c(ccc3nccnc32)c1. The van der Waals surface area contributed by atoms with Crippen LogP contribution >= 0.6 is 0 Å². The minimum atomic E-state index is 0.942. The van der Waals surface area contributed by atoms with E-state index in [1.807, 2.05) is 20.2 Å². The Bertz CT molecular complexity index is 689. The molecule has 0 saturated heterocycles. The van der Waals surface area contributed by atoms with Gasteiger partial charge in [-0.15, -0.1) is 0 Å². The maximum absolute atomic E-state index is 4.41. The van der Waals surface area contributed by atoms with Crippen LogP contribution in [0.25, 0.3) is 21.8 Å². The van der Waals surface area contributed by atoms with Crippen LogP contribution in [-0.2, 0) is 0 Å². The van der Waals surface area contributed by atoms with Crippen molar-refractivity contribution in [3.8, 4) is 0 Å². The zero-order valence-electron chi connectivity index (χ0n) is 9.88. The topological polar surface area (TPSA) is 29.0 Å². The summed E-state index contributed by atoms with van der Waals surface area (Å²) in [6.45, 7) is 0. The monoisotopic (exact) mass is 223 g/mol. The van der Waals surface area contributed by atoms with Crippen molar-refractivity contribution in [2.75, 3.05) is 19.0 Å². The zero-order chi connectivity index (χ0) is 11.8. The highest BCUT2D eigenvalue weighted by Gasteiger charge is 2.03. The van der Waals surface area contributed by atoms with Gasteiger partial charge in [-0.2, -0.15) is 0 Å². The molecule has 0 spiro atoms. The molecule has 0 atom stereocenters. The fraction of sp³-hybridized carbons (Fsp3) is 0.143. The number of benzene rings is 2. The van der Waals surface area contributed by atoms with Gasteiger partial charge in [-0.05, 0) is 23.6 Å². The molecule has 1 aromatic heterocycles. The first kappa shape index (κ1) is 10.0. The van der Waals surface area contributed by atoms with E-state index in [4.69, 9.17) is 0 Å². The average Bonchev–Trinajstić information content (AvgIpc) is 2.38. The van der Waals surface area contributed by atoms with Crippen LogP contribution in [0.1, 0.15) is 0 Å². The van der Waals surface area contributed by atoms with Gasteiger partial charge in [-0.25, -0.2) is 0 Å². The smallest absolute Gasteiger partial charge is 0.0965 e. The first-order chi connectivity index (χ1) is 8.25. The third kappa shape index (κ3) is 1.60. The number of hydrogen-bond donors (Lipinski definition) is 0. The third-order valence-electron chi connectivity index (χ3n) is 2.95. The first-order valence-corrected chi connectivity index (χ1v) is 5.56. The molecule has 3 heteroatoms. The van der Waals surface area contributed by atoms with Crippen LogP contribution < -0.4 is 4.90 Å². The molecule has 3 aromatic rings. The Morgan fingerprint density at radius 3 is 2.59 bits per heavy atom. The number of anilines is 1. The molecule has 0 aliphatic carbocycles. The fourth-order valence-corrected chi connectivity index (χ4v) is 2.03. The van der Waals surface area contributed by atoms with Crippen molar-refractivity contribution in [1.29, 1.82) is 0 Å². The Labute approximate surface area is 99.7 Å². The summed E-state index contributed by atoms with van der Waals surface area (Å²) in [5, 5.41) is 2.35. The molecule has 17 heavy (non-hydrogen) atoms. The summed E-state index contributed by atoms with van der Waals surface area (Å²) in [6, 6.07) is 10.5. The Morgan fingerprint density at radius 2 is 1.76 bits per heavy atom. The largest absolute Gasteiger partial charge is 0.378 e. The molecule has 0 amide bonds. The number of fused-ring (bicyclic) bond motifs is 3. The van der Waals surface area contributed by atoms with E-state index in [9.17, 15) is 0 Å². The lowest BCUT2D eigenvalue weighted by atomic mass is 10.1. The van der Waals surface area contributed by atoms with Gasteiger partial charge in [0.05, 0.1) is 11.0 Å². The van der Waals surface area contributed by atoms with Gasteiger partial charge in [-0.3, -0.25) is 9.97 Å². The Balaban J connectivity index is 2.37. The van der Waals surface area contributed by atoms with E-state index in [-0.39, 0.29) is 0 Å². The lowest BCUT2D eigenvalue weighted by Crippen LogP contribution is -2.08. The molecule has 0 bridgehead atoms. The van der Waals surface area contributed by atoms with Crippen LogP contribution in [0.4, 0.5) is 5.69 Å². The van der Waals surface area contributed by atoms with E-state index in [0.29, 0.717) is 0 Å². The normalized spacial score (nSPS) is 10.9. The molecule has 0 aliphatic heterocycles. The van der Waals surface area contributed by atoms with Gasteiger partial charge in [0.1, 0.15) is 0 Å². The van der Waals surface area contributed by atoms with Crippen molar-refractivity contribution in [1.82, 2.24) is 9.97 Å². The second-order valence-corrected chi connectivity index (χ2v) is 4.29. The summed E-state index contributed by atoms with van der Waals surface area (Å²) in [6.07, 6.45) is 3.46. The first-order valence-electron chi connectivity index (χ1n) is 5.56. The molecule has 0 aliphatic rings. The Kier molecular flexibility index (Phi) is 2.18. The fourth-order valence-electron chi connectivity index (χ4n) is 2.03. The van der Waals surface area contributed by atoms with Crippen LogP contribution in [0, 0.1) is 0 Å². The molecule has 2 aromatic carbocycles. The van der Waals surface area contributed by atoms with Gasteiger partial charge in [0.15, 0.2) is 0 Å². The predicted octanol–water partition coefficient (Wildman–Crippen LogP) is 2.85. The summed E-state index contributed by atoms with van der Waals surface area (Å²) in [5.74, 6) is 0. The summed E-state index contributed by atoms with van der Waals surface area (Å²) in [5.41, 5.74) is 3.11. The maximum Gasteiger partial charge on any atom is 0.0965 e. The molecular weight excluding hydrogens is 210 g/mol. The van der Waals surface area contributed by atoms with Gasteiger partial charge in [0.25, 0.3) is 0 Å². The van der Waals surface area contributed by atoms with E-state index in [1.165, 1.54) is 11.1 Å². The molecule has 3 rings (SSSR count). The maximum atomic E-state index is 4.41. The predicted molar refractivity (Wildman–Crippen MR) is 71.4 cm³/mol. The molecule has 0 radical (unpaired) electrons. The van der Waals surface area contributed by atoms with Crippen LogP contribution in [0.3, 0.4) is 0 Å². The highest BCUT2D eigenvalue weighted by atomic mass is 15.1. The van der Waals surface area contributed by atoms with E-state index in [0.717, 1.165) is 16.4 Å². The molecule has 0 N–H and O–H groups in total. The second kappa shape index (κ2) is 3.70. The minimum absolute atomic E-state index is 0.942. The highest BCUT2D eigenvalue weighted by molar-refractivity contribution is 6.04. The standard InChI is InChI=1S/C14H13N3/c1-17(2)11-4-5-12-10(9-11)3-6-13-14(12)16-8-7-15-13/h3-9H,1-2H3. The minimum Gasteiger partial charge on any atom is -0.378 e.